The molecular formula is C18H17FN2O3. The monoisotopic (exact) mass is 328 g/mol. The van der Waals surface area contributed by atoms with Gasteiger partial charge >= 0.3 is 5.97 Å². The molecule has 1 aromatic heterocycles. The zero-order valence-electron chi connectivity index (χ0n) is 13.2. The Morgan fingerprint density at radius 3 is 2.38 bits per heavy atom. The summed E-state index contributed by atoms with van der Waals surface area (Å²) < 4.78 is 17.6. The molecule has 5 nitrogen and oxygen atoms in total. The first kappa shape index (κ1) is 16.1. The second-order valence-corrected chi connectivity index (χ2v) is 5.82. The van der Waals surface area contributed by atoms with Crippen LogP contribution in [0.15, 0.2) is 42.6 Å². The third kappa shape index (κ3) is 2.87. The fraction of sp³-hybridized carbons (Fsp3) is 0.278. The third-order valence-corrected chi connectivity index (χ3v) is 4.47. The van der Waals surface area contributed by atoms with E-state index in [1.807, 2.05) is 0 Å². The number of nitrogens with zero attached hydrogens (tertiary/aromatic N) is 1. The number of aromatic nitrogens is 1. The Balaban J connectivity index is 1.82. The summed E-state index contributed by atoms with van der Waals surface area (Å²) >= 11 is 0. The number of benzene rings is 1. The van der Waals surface area contributed by atoms with Gasteiger partial charge in [-0.3, -0.25) is 4.79 Å². The molecule has 1 aliphatic rings. The number of pyridine rings is 1. The molecule has 0 saturated heterocycles. The highest BCUT2D eigenvalue weighted by atomic mass is 19.1. The molecule has 1 saturated carbocycles. The lowest BCUT2D eigenvalue weighted by atomic mass is 9.63. The average molecular weight is 328 g/mol. The number of anilines is 1. The Kier molecular flexibility index (Phi) is 4.29. The van der Waals surface area contributed by atoms with Gasteiger partial charge in [0.05, 0.1) is 24.3 Å². The highest BCUT2D eigenvalue weighted by molar-refractivity contribution is 5.99. The Morgan fingerprint density at radius 1 is 1.17 bits per heavy atom. The maximum absolute atomic E-state index is 12.9. The van der Waals surface area contributed by atoms with Crippen LogP contribution in [0, 0.1) is 5.82 Å². The minimum atomic E-state index is -0.634. The zero-order valence-corrected chi connectivity index (χ0v) is 13.2. The molecular weight excluding hydrogens is 311 g/mol. The summed E-state index contributed by atoms with van der Waals surface area (Å²) in [7, 11) is 1.33. The van der Waals surface area contributed by atoms with Gasteiger partial charge in [0.1, 0.15) is 11.6 Å². The number of halogens is 1. The number of hydrogen-bond donors (Lipinski definition) is 1. The van der Waals surface area contributed by atoms with Crippen LogP contribution in [-0.4, -0.2) is 24.0 Å². The number of hydrogen-bond acceptors (Lipinski definition) is 4. The second-order valence-electron chi connectivity index (χ2n) is 5.82. The summed E-state index contributed by atoms with van der Waals surface area (Å²) in [6.45, 7) is 0. The van der Waals surface area contributed by atoms with E-state index in [1.54, 1.807) is 24.3 Å². The largest absolute Gasteiger partial charge is 0.465 e. The molecule has 6 heteroatoms. The standard InChI is InChI=1S/C18H17FN2O3/c1-24-16(22)12-3-5-13(6-4-12)18(9-2-10-18)17(23)21-15-8-7-14(19)11-20-15/h3-8,11H,2,9-10H2,1H3,(H,20,21,23). The first-order valence-electron chi connectivity index (χ1n) is 7.67. The van der Waals surface area contributed by atoms with E-state index >= 15 is 0 Å². The van der Waals surface area contributed by atoms with Crippen molar-refractivity contribution in [2.24, 2.45) is 0 Å². The predicted octanol–water partition coefficient (Wildman–Crippen LogP) is 3.07. The van der Waals surface area contributed by atoms with Gasteiger partial charge in [0.2, 0.25) is 5.91 Å². The van der Waals surface area contributed by atoms with Crippen LogP contribution in [0.5, 0.6) is 0 Å². The van der Waals surface area contributed by atoms with E-state index < -0.39 is 17.2 Å². The van der Waals surface area contributed by atoms with E-state index in [-0.39, 0.29) is 5.91 Å². The third-order valence-electron chi connectivity index (χ3n) is 4.47. The first-order chi connectivity index (χ1) is 11.5. The van der Waals surface area contributed by atoms with Crippen molar-refractivity contribution < 1.29 is 18.7 Å². The zero-order chi connectivity index (χ0) is 17.2. The smallest absolute Gasteiger partial charge is 0.337 e. The van der Waals surface area contributed by atoms with Crippen molar-refractivity contribution in [2.45, 2.75) is 24.7 Å². The summed E-state index contributed by atoms with van der Waals surface area (Å²) in [5, 5.41) is 2.75. The second kappa shape index (κ2) is 6.39. The molecule has 3 rings (SSSR count). The van der Waals surface area contributed by atoms with Crippen molar-refractivity contribution in [1.29, 1.82) is 0 Å². The molecule has 1 aliphatic carbocycles. The van der Waals surface area contributed by atoms with Crippen LogP contribution < -0.4 is 5.32 Å². The van der Waals surface area contributed by atoms with Gasteiger partial charge in [0.25, 0.3) is 0 Å². The first-order valence-corrected chi connectivity index (χ1v) is 7.67. The van der Waals surface area contributed by atoms with Crippen LogP contribution in [0.4, 0.5) is 10.2 Å². The molecule has 1 amide bonds. The van der Waals surface area contributed by atoms with Crippen LogP contribution in [-0.2, 0) is 14.9 Å². The topological polar surface area (TPSA) is 68.3 Å². The van der Waals surface area contributed by atoms with Gasteiger partial charge in [-0.2, -0.15) is 0 Å². The van der Waals surface area contributed by atoms with Gasteiger partial charge in [0.15, 0.2) is 0 Å². The molecule has 1 aromatic carbocycles. The van der Waals surface area contributed by atoms with Gasteiger partial charge in [-0.15, -0.1) is 0 Å². The van der Waals surface area contributed by atoms with E-state index in [9.17, 15) is 14.0 Å². The van der Waals surface area contributed by atoms with Gasteiger partial charge < -0.3 is 10.1 Å². The van der Waals surface area contributed by atoms with Crippen molar-refractivity contribution in [1.82, 2.24) is 4.98 Å². The Morgan fingerprint density at radius 2 is 1.88 bits per heavy atom. The van der Waals surface area contributed by atoms with Crippen LogP contribution in [0.2, 0.25) is 0 Å². The maximum Gasteiger partial charge on any atom is 0.337 e. The number of carbonyl (C=O) groups is 2. The SMILES string of the molecule is COC(=O)c1ccc(C2(C(=O)Nc3ccc(F)cn3)CCC2)cc1. The molecule has 0 atom stereocenters. The Hall–Kier alpha value is -2.76. The Bertz CT molecular complexity index is 753. The van der Waals surface area contributed by atoms with E-state index in [1.165, 1.54) is 19.2 Å². The molecule has 0 aliphatic heterocycles. The van der Waals surface area contributed by atoms with Gasteiger partial charge in [-0.05, 0) is 42.7 Å². The van der Waals surface area contributed by atoms with E-state index in [0.717, 1.165) is 31.0 Å². The van der Waals surface area contributed by atoms with Crippen LogP contribution in [0.3, 0.4) is 0 Å². The lowest BCUT2D eigenvalue weighted by molar-refractivity contribution is -0.124. The van der Waals surface area contributed by atoms with Crippen molar-refractivity contribution in [3.05, 3.63) is 59.5 Å². The molecule has 0 unspecified atom stereocenters. The summed E-state index contributed by atoms with van der Waals surface area (Å²) in [5.74, 6) is -0.716. The van der Waals surface area contributed by atoms with Crippen molar-refractivity contribution in [3.8, 4) is 0 Å². The van der Waals surface area contributed by atoms with Crippen LogP contribution >= 0.6 is 0 Å². The number of amides is 1. The normalized spacial score (nSPS) is 15.2. The van der Waals surface area contributed by atoms with Gasteiger partial charge in [0, 0.05) is 0 Å². The lowest BCUT2D eigenvalue weighted by Gasteiger charge is -2.40. The molecule has 124 valence electrons. The number of methoxy groups -OCH3 is 1. The Labute approximate surface area is 138 Å². The van der Waals surface area contributed by atoms with Crippen molar-refractivity contribution in [2.75, 3.05) is 12.4 Å². The number of rotatable bonds is 4. The van der Waals surface area contributed by atoms with Crippen LogP contribution in [0.25, 0.3) is 0 Å². The number of ether oxygens (including phenoxy) is 1. The average Bonchev–Trinajstić information content (AvgIpc) is 2.56. The molecule has 1 heterocycles. The molecule has 24 heavy (non-hydrogen) atoms. The number of esters is 1. The minimum Gasteiger partial charge on any atom is -0.465 e. The van der Waals surface area contributed by atoms with Crippen molar-refractivity contribution >= 4 is 17.7 Å². The highest BCUT2D eigenvalue weighted by Gasteiger charge is 2.45. The fourth-order valence-electron chi connectivity index (χ4n) is 2.91. The molecule has 0 spiro atoms. The quantitative estimate of drug-likeness (QED) is 0.876. The number of nitrogens with one attached hydrogen (secondary N) is 1. The van der Waals surface area contributed by atoms with Crippen molar-refractivity contribution in [3.63, 3.8) is 0 Å². The maximum atomic E-state index is 12.9. The summed E-state index contributed by atoms with van der Waals surface area (Å²) in [6.07, 6.45) is 3.45. The summed E-state index contributed by atoms with van der Waals surface area (Å²) in [6, 6.07) is 9.56. The summed E-state index contributed by atoms with van der Waals surface area (Å²) in [4.78, 5) is 28.1. The van der Waals surface area contributed by atoms with Gasteiger partial charge in [-0.25, -0.2) is 14.2 Å². The predicted molar refractivity (Wildman–Crippen MR) is 86.1 cm³/mol. The van der Waals surface area contributed by atoms with E-state index in [0.29, 0.717) is 11.4 Å². The molecule has 0 radical (unpaired) electrons. The molecule has 0 bridgehead atoms. The number of carbonyl (C=O) groups excluding carboxylic acids is 2. The highest BCUT2D eigenvalue weighted by Crippen LogP contribution is 2.44. The molecule has 2 aromatic rings. The fourth-order valence-corrected chi connectivity index (χ4v) is 2.91. The lowest BCUT2D eigenvalue weighted by Crippen LogP contribution is -2.46. The van der Waals surface area contributed by atoms with E-state index in [4.69, 9.17) is 0 Å². The minimum absolute atomic E-state index is 0.168. The van der Waals surface area contributed by atoms with E-state index in [2.05, 4.69) is 15.0 Å². The molecule has 1 N–H and O–H groups in total. The molecule has 1 fully saturated rings. The van der Waals surface area contributed by atoms with Gasteiger partial charge in [-0.1, -0.05) is 18.6 Å². The van der Waals surface area contributed by atoms with Crippen LogP contribution in [0.1, 0.15) is 35.2 Å². The summed E-state index contributed by atoms with van der Waals surface area (Å²) in [5.41, 5.74) is 0.655.